The molecule has 1 heterocycles. The van der Waals surface area contributed by atoms with Gasteiger partial charge in [0.15, 0.2) is 0 Å². The molecule has 0 unspecified atom stereocenters. The summed E-state index contributed by atoms with van der Waals surface area (Å²) >= 11 is 0.218. The number of anilines is 1. The van der Waals surface area contributed by atoms with Gasteiger partial charge in [0.25, 0.3) is 0 Å². The molecule has 0 aliphatic heterocycles. The molecule has 2 nitrogen and oxygen atoms in total. The molecule has 0 spiro atoms. The molecule has 0 bridgehead atoms. The third-order valence-electron chi connectivity index (χ3n) is 2.30. The van der Waals surface area contributed by atoms with Gasteiger partial charge in [-0.05, 0) is 0 Å². The minimum absolute atomic E-state index is 0.218. The summed E-state index contributed by atoms with van der Waals surface area (Å²) in [5.74, 6) is 0. The van der Waals surface area contributed by atoms with E-state index in [4.69, 9.17) is 5.73 Å². The van der Waals surface area contributed by atoms with Gasteiger partial charge < -0.3 is 0 Å². The Labute approximate surface area is 87.1 Å². The molecule has 0 aliphatic carbocycles. The number of nitrogen functional groups attached to an aromatic ring is 1. The zero-order valence-corrected chi connectivity index (χ0v) is 9.11. The monoisotopic (exact) mass is 248 g/mol. The second-order valence-corrected chi connectivity index (χ2v) is 5.35. The molecule has 0 saturated carbocycles. The second-order valence-electron chi connectivity index (χ2n) is 3.19. The van der Waals surface area contributed by atoms with Crippen LogP contribution in [0.3, 0.4) is 0 Å². The van der Waals surface area contributed by atoms with Crippen LogP contribution >= 0.6 is 0 Å². The van der Waals surface area contributed by atoms with Crippen molar-refractivity contribution in [1.29, 1.82) is 0 Å². The van der Waals surface area contributed by atoms with E-state index in [9.17, 15) is 0 Å². The van der Waals surface area contributed by atoms with E-state index in [2.05, 4.69) is 41.4 Å². The fourth-order valence-corrected chi connectivity index (χ4v) is 3.49. The summed E-state index contributed by atoms with van der Waals surface area (Å²) in [6, 6.07) is 12.5. The molecule has 0 radical (unpaired) electrons. The van der Waals surface area contributed by atoms with Crippen molar-refractivity contribution in [3.8, 4) is 0 Å². The van der Waals surface area contributed by atoms with Crippen LogP contribution in [0.4, 0.5) is 4.69 Å². The molecular formula is C11H8N2Se. The third-order valence-corrected chi connectivity index (χ3v) is 4.25. The molecule has 3 aromatic rings. The van der Waals surface area contributed by atoms with Crippen LogP contribution in [0.15, 0.2) is 36.4 Å². The summed E-state index contributed by atoms with van der Waals surface area (Å²) < 4.78 is 2.11. The Hall–Kier alpha value is -1.31. The summed E-state index contributed by atoms with van der Waals surface area (Å²) in [5, 5.41) is 2.58. The van der Waals surface area contributed by atoms with Gasteiger partial charge in [-0.15, -0.1) is 0 Å². The van der Waals surface area contributed by atoms with E-state index < -0.39 is 0 Å². The van der Waals surface area contributed by atoms with Crippen LogP contribution in [-0.2, 0) is 0 Å². The van der Waals surface area contributed by atoms with E-state index in [-0.39, 0.29) is 14.5 Å². The van der Waals surface area contributed by atoms with Crippen molar-refractivity contribution in [3.63, 3.8) is 0 Å². The van der Waals surface area contributed by atoms with E-state index in [0.717, 1.165) is 10.2 Å². The first-order chi connectivity index (χ1) is 6.84. The third kappa shape index (κ3) is 1.07. The quantitative estimate of drug-likeness (QED) is 0.617. The molecule has 0 fully saturated rings. The topological polar surface area (TPSA) is 38.9 Å². The summed E-state index contributed by atoms with van der Waals surface area (Å²) in [4.78, 5) is 4.32. The Bertz CT molecular complexity index is 613. The van der Waals surface area contributed by atoms with Crippen molar-refractivity contribution in [3.05, 3.63) is 36.4 Å². The van der Waals surface area contributed by atoms with Crippen LogP contribution in [0.1, 0.15) is 0 Å². The SMILES string of the molecule is Nc1nc2ccc3ccccc3c2[se]1. The number of aromatic nitrogens is 1. The molecule has 2 aromatic carbocycles. The van der Waals surface area contributed by atoms with Crippen molar-refractivity contribution in [1.82, 2.24) is 4.98 Å². The predicted octanol–water partition coefficient (Wildman–Crippen LogP) is 2.03. The molecule has 0 atom stereocenters. The molecule has 1 aromatic heterocycles. The Morgan fingerprint density at radius 3 is 2.86 bits per heavy atom. The van der Waals surface area contributed by atoms with Gasteiger partial charge in [-0.3, -0.25) is 0 Å². The first kappa shape index (κ1) is 8.04. The van der Waals surface area contributed by atoms with E-state index in [1.54, 1.807) is 0 Å². The summed E-state index contributed by atoms with van der Waals surface area (Å²) in [5.41, 5.74) is 6.81. The molecule has 0 saturated heterocycles. The summed E-state index contributed by atoms with van der Waals surface area (Å²) in [6.07, 6.45) is 0. The van der Waals surface area contributed by atoms with E-state index in [1.165, 1.54) is 15.0 Å². The van der Waals surface area contributed by atoms with Crippen molar-refractivity contribution >= 4 is 39.7 Å². The molecule has 3 rings (SSSR count). The molecule has 0 aliphatic rings. The zero-order valence-electron chi connectivity index (χ0n) is 7.40. The Kier molecular flexibility index (Phi) is 1.63. The van der Waals surface area contributed by atoms with Gasteiger partial charge in [0, 0.05) is 0 Å². The second kappa shape index (κ2) is 2.84. The Balaban J connectivity index is 2.60. The normalized spacial score (nSPS) is 11.1. The number of hydrogen-bond acceptors (Lipinski definition) is 2. The average molecular weight is 247 g/mol. The number of nitrogens with zero attached hydrogens (tertiary/aromatic N) is 1. The Morgan fingerprint density at radius 1 is 1.07 bits per heavy atom. The predicted molar refractivity (Wildman–Crippen MR) is 60.6 cm³/mol. The summed E-state index contributed by atoms with van der Waals surface area (Å²) in [6.45, 7) is 0. The van der Waals surface area contributed by atoms with Gasteiger partial charge >= 0.3 is 86.9 Å². The van der Waals surface area contributed by atoms with Crippen LogP contribution in [0.5, 0.6) is 0 Å². The van der Waals surface area contributed by atoms with Crippen molar-refractivity contribution < 1.29 is 0 Å². The maximum absolute atomic E-state index is 5.75. The van der Waals surface area contributed by atoms with Gasteiger partial charge in [0.1, 0.15) is 0 Å². The first-order valence-electron chi connectivity index (χ1n) is 4.38. The maximum atomic E-state index is 5.75. The van der Waals surface area contributed by atoms with Gasteiger partial charge in [0.2, 0.25) is 0 Å². The van der Waals surface area contributed by atoms with E-state index in [0.29, 0.717) is 0 Å². The van der Waals surface area contributed by atoms with Crippen LogP contribution in [0.25, 0.3) is 20.5 Å². The number of fused-ring (bicyclic) bond motifs is 3. The van der Waals surface area contributed by atoms with Gasteiger partial charge in [-0.1, -0.05) is 0 Å². The zero-order chi connectivity index (χ0) is 9.54. The van der Waals surface area contributed by atoms with Crippen LogP contribution in [0, 0.1) is 0 Å². The number of rotatable bonds is 0. The fourth-order valence-electron chi connectivity index (χ4n) is 1.67. The summed E-state index contributed by atoms with van der Waals surface area (Å²) in [7, 11) is 0. The van der Waals surface area contributed by atoms with Crippen LogP contribution in [0.2, 0.25) is 0 Å². The van der Waals surface area contributed by atoms with Crippen LogP contribution < -0.4 is 5.73 Å². The number of benzene rings is 2. The van der Waals surface area contributed by atoms with E-state index >= 15 is 0 Å². The van der Waals surface area contributed by atoms with Gasteiger partial charge in [-0.25, -0.2) is 0 Å². The minimum atomic E-state index is 0.218. The number of nitrogens with two attached hydrogens (primary N) is 1. The average Bonchev–Trinajstić information content (AvgIpc) is 2.59. The molecule has 0 amide bonds. The first-order valence-corrected chi connectivity index (χ1v) is 6.10. The molecule has 2 N–H and O–H groups in total. The Morgan fingerprint density at radius 2 is 1.93 bits per heavy atom. The van der Waals surface area contributed by atoms with Gasteiger partial charge in [-0.2, -0.15) is 0 Å². The molecular weight excluding hydrogens is 239 g/mol. The van der Waals surface area contributed by atoms with E-state index in [1.807, 2.05) is 0 Å². The van der Waals surface area contributed by atoms with Gasteiger partial charge in [0.05, 0.1) is 0 Å². The molecule has 14 heavy (non-hydrogen) atoms. The van der Waals surface area contributed by atoms with Crippen molar-refractivity contribution in [2.45, 2.75) is 0 Å². The number of hydrogen-bond donors (Lipinski definition) is 1. The van der Waals surface area contributed by atoms with Crippen LogP contribution in [-0.4, -0.2) is 19.5 Å². The fraction of sp³-hybridized carbons (Fsp3) is 0. The molecule has 3 heteroatoms. The van der Waals surface area contributed by atoms with Crippen molar-refractivity contribution in [2.75, 3.05) is 5.73 Å². The van der Waals surface area contributed by atoms with Crippen molar-refractivity contribution in [2.24, 2.45) is 0 Å². The molecule has 68 valence electrons. The standard InChI is InChI=1S/C11H8N2Se/c12-11-13-9-6-5-7-3-1-2-4-8(7)10(9)14-11/h1-6H,(H2,12,13).